The molecular formula is C30H28Cl2N6O4. The number of benzene rings is 3. The minimum atomic E-state index is -1.45. The molecule has 1 aliphatic carbocycles. The lowest BCUT2D eigenvalue weighted by atomic mass is 9.94. The summed E-state index contributed by atoms with van der Waals surface area (Å²) in [6.07, 6.45) is 3.51. The highest BCUT2D eigenvalue weighted by molar-refractivity contribution is 6.41. The molecule has 3 atom stereocenters. The number of amides is 3. The van der Waals surface area contributed by atoms with Crippen LogP contribution in [0.2, 0.25) is 10.0 Å². The molecule has 1 heterocycles. The summed E-state index contributed by atoms with van der Waals surface area (Å²) in [5, 5.41) is 21.4. The third kappa shape index (κ3) is 6.40. The maximum Gasteiger partial charge on any atom is 0.328 e. The first-order chi connectivity index (χ1) is 20.2. The molecule has 3 amide bonds. The van der Waals surface area contributed by atoms with Gasteiger partial charge in [-0.1, -0.05) is 65.7 Å². The van der Waals surface area contributed by atoms with Crippen molar-refractivity contribution in [3.8, 4) is 0 Å². The Labute approximate surface area is 251 Å². The van der Waals surface area contributed by atoms with Crippen molar-refractivity contribution in [1.82, 2.24) is 25.9 Å². The van der Waals surface area contributed by atoms with Crippen molar-refractivity contribution in [2.45, 2.75) is 37.8 Å². The van der Waals surface area contributed by atoms with Crippen LogP contribution in [0.15, 0.2) is 66.9 Å². The normalized spacial score (nSPS) is 15.4. The molecule has 5 N–H and O–H groups in total. The van der Waals surface area contributed by atoms with Gasteiger partial charge >= 0.3 is 12.0 Å². The van der Waals surface area contributed by atoms with Crippen LogP contribution in [0.25, 0.3) is 10.9 Å². The standard InChI is InChI=1S/C30H28Cl2N6O4/c1-16(19-11-10-17-6-2-4-8-20(17)19)35-30(42)34-15-24(28(40)41)36-27(39)25-21(31)12-13-23(26(25)32)38-29-33-14-18-7-3-5-9-22(18)37-29/h2-9,12-14,16,19,24H,10-11,15H2,1H3,(H,36,39)(H,40,41)(H,33,37,38)(H2,34,35,42)/t16?,19-,24-/m0/s1. The molecule has 42 heavy (non-hydrogen) atoms. The molecule has 10 nitrogen and oxygen atoms in total. The fourth-order valence-corrected chi connectivity index (χ4v) is 5.69. The number of carboxylic acids is 1. The van der Waals surface area contributed by atoms with Crippen LogP contribution >= 0.6 is 23.2 Å². The zero-order valence-corrected chi connectivity index (χ0v) is 24.0. The highest BCUT2D eigenvalue weighted by atomic mass is 35.5. The number of carbonyl (C=O) groups is 3. The Balaban J connectivity index is 1.22. The number of para-hydroxylation sites is 1. The number of hydrogen-bond donors (Lipinski definition) is 5. The summed E-state index contributed by atoms with van der Waals surface area (Å²) in [6, 6.07) is 16.4. The van der Waals surface area contributed by atoms with E-state index in [2.05, 4.69) is 43.4 Å². The van der Waals surface area contributed by atoms with Crippen LogP contribution in [-0.2, 0) is 11.2 Å². The number of anilines is 2. The second kappa shape index (κ2) is 12.6. The van der Waals surface area contributed by atoms with Gasteiger partial charge in [0.2, 0.25) is 5.95 Å². The summed E-state index contributed by atoms with van der Waals surface area (Å²) in [5.41, 5.74) is 3.35. The van der Waals surface area contributed by atoms with Crippen LogP contribution in [-0.4, -0.2) is 51.6 Å². The van der Waals surface area contributed by atoms with E-state index in [-0.39, 0.29) is 40.1 Å². The second-order valence-corrected chi connectivity index (χ2v) is 10.8. The summed E-state index contributed by atoms with van der Waals surface area (Å²) in [5.74, 6) is -1.75. The maximum atomic E-state index is 13.2. The molecule has 3 aromatic carbocycles. The SMILES string of the molecule is CC(NC(=O)NC[C@H](NC(=O)c1c(Cl)ccc(Nc2ncc3ccccc3n2)c1Cl)C(=O)O)[C@@H]1CCc2ccccc21. The molecule has 216 valence electrons. The molecule has 1 unspecified atom stereocenters. The number of aryl methyl sites for hydroxylation is 1. The highest BCUT2D eigenvalue weighted by Crippen LogP contribution is 2.35. The van der Waals surface area contributed by atoms with Crippen molar-refractivity contribution >= 4 is 63.6 Å². The average molecular weight is 607 g/mol. The molecule has 0 bridgehead atoms. The quantitative estimate of drug-likeness (QED) is 0.174. The number of urea groups is 1. The van der Waals surface area contributed by atoms with Crippen LogP contribution in [0.4, 0.5) is 16.4 Å². The Hall–Kier alpha value is -4.41. The van der Waals surface area contributed by atoms with E-state index < -0.39 is 23.9 Å². The largest absolute Gasteiger partial charge is 0.480 e. The molecule has 4 aromatic rings. The molecule has 12 heteroatoms. The fourth-order valence-electron chi connectivity index (χ4n) is 5.10. The van der Waals surface area contributed by atoms with Gasteiger partial charge < -0.3 is 26.4 Å². The van der Waals surface area contributed by atoms with E-state index in [1.165, 1.54) is 17.2 Å². The van der Waals surface area contributed by atoms with Crippen LogP contribution in [0.1, 0.15) is 40.7 Å². The number of nitrogens with zero attached hydrogens (tertiary/aromatic N) is 2. The molecule has 1 aromatic heterocycles. The van der Waals surface area contributed by atoms with E-state index in [1.807, 2.05) is 43.3 Å². The van der Waals surface area contributed by atoms with Gasteiger partial charge in [0.1, 0.15) is 6.04 Å². The van der Waals surface area contributed by atoms with Gasteiger partial charge in [0.15, 0.2) is 0 Å². The zero-order valence-electron chi connectivity index (χ0n) is 22.5. The van der Waals surface area contributed by atoms with Gasteiger partial charge in [-0.3, -0.25) is 4.79 Å². The summed E-state index contributed by atoms with van der Waals surface area (Å²) in [7, 11) is 0. The lowest BCUT2D eigenvalue weighted by Gasteiger charge is -2.23. The number of carboxylic acid groups (broad SMARTS) is 1. The third-order valence-electron chi connectivity index (χ3n) is 7.27. The van der Waals surface area contributed by atoms with E-state index >= 15 is 0 Å². The number of aliphatic carboxylic acids is 1. The maximum absolute atomic E-state index is 13.2. The Bertz CT molecular complexity index is 1670. The molecule has 0 saturated heterocycles. The van der Waals surface area contributed by atoms with Crippen LogP contribution < -0.4 is 21.3 Å². The van der Waals surface area contributed by atoms with E-state index in [0.29, 0.717) is 11.2 Å². The predicted octanol–water partition coefficient (Wildman–Crippen LogP) is 5.28. The van der Waals surface area contributed by atoms with Crippen molar-refractivity contribution in [3.05, 3.63) is 93.6 Å². The van der Waals surface area contributed by atoms with Crippen molar-refractivity contribution in [1.29, 1.82) is 0 Å². The number of halogens is 2. The van der Waals surface area contributed by atoms with Crippen molar-refractivity contribution < 1.29 is 19.5 Å². The minimum absolute atomic E-state index is 0.0167. The first kappa shape index (κ1) is 29.1. The molecule has 0 aliphatic heterocycles. The number of rotatable bonds is 9. The molecule has 1 aliphatic rings. The summed E-state index contributed by atoms with van der Waals surface area (Å²) < 4.78 is 0. The zero-order chi connectivity index (χ0) is 29.8. The molecule has 5 rings (SSSR count). The fraction of sp³-hybridized carbons (Fsp3) is 0.233. The number of aromatic nitrogens is 2. The van der Waals surface area contributed by atoms with E-state index in [1.54, 1.807) is 12.3 Å². The van der Waals surface area contributed by atoms with Crippen LogP contribution in [0.5, 0.6) is 0 Å². The third-order valence-corrected chi connectivity index (χ3v) is 7.97. The van der Waals surface area contributed by atoms with Gasteiger partial charge in [0.05, 0.1) is 33.4 Å². The van der Waals surface area contributed by atoms with Gasteiger partial charge in [-0.25, -0.2) is 19.6 Å². The predicted molar refractivity (Wildman–Crippen MR) is 162 cm³/mol. The van der Waals surface area contributed by atoms with Gasteiger partial charge in [-0.05, 0) is 49.1 Å². The van der Waals surface area contributed by atoms with E-state index in [9.17, 15) is 19.5 Å². The minimum Gasteiger partial charge on any atom is -0.480 e. The van der Waals surface area contributed by atoms with Gasteiger partial charge in [0.25, 0.3) is 5.91 Å². The smallest absolute Gasteiger partial charge is 0.328 e. The first-order valence-corrected chi connectivity index (χ1v) is 14.1. The monoisotopic (exact) mass is 606 g/mol. The lowest BCUT2D eigenvalue weighted by Crippen LogP contribution is -2.51. The van der Waals surface area contributed by atoms with Gasteiger partial charge in [-0.2, -0.15) is 0 Å². The Morgan fingerprint density at radius 3 is 2.60 bits per heavy atom. The molecule has 0 fully saturated rings. The topological polar surface area (TPSA) is 145 Å². The summed E-state index contributed by atoms with van der Waals surface area (Å²) >= 11 is 12.8. The van der Waals surface area contributed by atoms with Gasteiger partial charge in [-0.15, -0.1) is 0 Å². The molecule has 0 saturated carbocycles. The summed E-state index contributed by atoms with van der Waals surface area (Å²) in [4.78, 5) is 46.4. The van der Waals surface area contributed by atoms with Crippen molar-refractivity contribution in [2.75, 3.05) is 11.9 Å². The lowest BCUT2D eigenvalue weighted by molar-refractivity contribution is -0.139. The first-order valence-electron chi connectivity index (χ1n) is 13.3. The molecular weight excluding hydrogens is 579 g/mol. The highest BCUT2D eigenvalue weighted by Gasteiger charge is 2.29. The second-order valence-electron chi connectivity index (χ2n) is 10.0. The molecule has 0 spiro atoms. The summed E-state index contributed by atoms with van der Waals surface area (Å²) in [6.45, 7) is 1.55. The number of fused-ring (bicyclic) bond motifs is 2. The number of hydrogen-bond acceptors (Lipinski definition) is 6. The van der Waals surface area contributed by atoms with E-state index in [4.69, 9.17) is 23.2 Å². The van der Waals surface area contributed by atoms with Crippen molar-refractivity contribution in [3.63, 3.8) is 0 Å². The average Bonchev–Trinajstić information content (AvgIpc) is 3.41. The van der Waals surface area contributed by atoms with Crippen LogP contribution in [0.3, 0.4) is 0 Å². The Kier molecular flexibility index (Phi) is 8.75. The van der Waals surface area contributed by atoms with Crippen molar-refractivity contribution in [2.24, 2.45) is 0 Å². The Morgan fingerprint density at radius 1 is 1.02 bits per heavy atom. The molecule has 0 radical (unpaired) electrons. The number of nitrogens with one attached hydrogen (secondary N) is 4. The van der Waals surface area contributed by atoms with Gasteiger partial charge in [0, 0.05) is 23.5 Å². The van der Waals surface area contributed by atoms with E-state index in [0.717, 1.165) is 18.2 Å². The number of carbonyl (C=O) groups excluding carboxylic acids is 2. The Morgan fingerprint density at radius 2 is 1.79 bits per heavy atom. The van der Waals surface area contributed by atoms with Crippen LogP contribution in [0, 0.1) is 0 Å².